The molecule has 6 nitrogen and oxygen atoms in total. The Morgan fingerprint density at radius 2 is 2.04 bits per heavy atom. The first kappa shape index (κ1) is 18.5. The second kappa shape index (κ2) is 8.44. The number of hydrogen-bond acceptors (Lipinski definition) is 5. The smallest absolute Gasteiger partial charge is 0.248 e. The van der Waals surface area contributed by atoms with Gasteiger partial charge in [-0.2, -0.15) is 0 Å². The summed E-state index contributed by atoms with van der Waals surface area (Å²) in [7, 11) is 0. The fourth-order valence-corrected chi connectivity index (χ4v) is 4.06. The number of ether oxygens (including phenoxy) is 3. The van der Waals surface area contributed by atoms with E-state index < -0.39 is 0 Å². The van der Waals surface area contributed by atoms with Crippen molar-refractivity contribution < 1.29 is 23.4 Å². The Labute approximate surface area is 159 Å². The Balaban J connectivity index is 1.20. The van der Waals surface area contributed by atoms with Crippen LogP contribution in [0.15, 0.2) is 18.2 Å². The van der Waals surface area contributed by atoms with Crippen LogP contribution >= 0.6 is 0 Å². The molecule has 3 aliphatic rings. The van der Waals surface area contributed by atoms with Crippen LogP contribution in [0.5, 0.6) is 11.5 Å². The number of fused-ring (bicyclic) bond motifs is 1. The van der Waals surface area contributed by atoms with Crippen molar-refractivity contribution in [3.63, 3.8) is 0 Å². The number of carbonyl (C=O) groups is 1. The van der Waals surface area contributed by atoms with Crippen LogP contribution in [0, 0.1) is 11.7 Å². The number of amides is 1. The lowest BCUT2D eigenvalue weighted by molar-refractivity contribution is -0.142. The monoisotopic (exact) mass is 378 g/mol. The molecule has 1 aromatic rings. The van der Waals surface area contributed by atoms with E-state index >= 15 is 0 Å². The highest BCUT2D eigenvalue weighted by atomic mass is 19.1. The average Bonchev–Trinajstić information content (AvgIpc) is 2.69. The van der Waals surface area contributed by atoms with Gasteiger partial charge in [0.05, 0.1) is 6.61 Å². The average molecular weight is 378 g/mol. The minimum atomic E-state index is -0.367. The van der Waals surface area contributed by atoms with E-state index in [-0.39, 0.29) is 30.2 Å². The summed E-state index contributed by atoms with van der Waals surface area (Å²) in [6.07, 6.45) is 3.16. The summed E-state index contributed by atoms with van der Waals surface area (Å²) in [6.45, 7) is 5.65. The molecule has 0 spiro atoms. The van der Waals surface area contributed by atoms with Crippen molar-refractivity contribution in [2.45, 2.75) is 25.4 Å². The SMILES string of the molecule is O=C1COCCN1CCC1CCN(C[C@H]2COc3cccc(F)c3O2)CC1. The molecule has 2 fully saturated rings. The van der Waals surface area contributed by atoms with Crippen LogP contribution in [0.3, 0.4) is 0 Å². The van der Waals surface area contributed by atoms with Crippen LogP contribution in [0.4, 0.5) is 4.39 Å². The van der Waals surface area contributed by atoms with Crippen LogP contribution in [-0.2, 0) is 9.53 Å². The van der Waals surface area contributed by atoms with Gasteiger partial charge in [-0.15, -0.1) is 0 Å². The fraction of sp³-hybridized carbons (Fsp3) is 0.650. The van der Waals surface area contributed by atoms with Gasteiger partial charge in [-0.3, -0.25) is 9.69 Å². The van der Waals surface area contributed by atoms with E-state index in [1.807, 2.05) is 4.90 Å². The van der Waals surface area contributed by atoms with E-state index in [4.69, 9.17) is 14.2 Å². The largest absolute Gasteiger partial charge is 0.486 e. The number of hydrogen-bond donors (Lipinski definition) is 0. The number of halogens is 1. The minimum absolute atomic E-state index is 0.112. The van der Waals surface area contributed by atoms with Crippen LogP contribution in [0.1, 0.15) is 19.3 Å². The zero-order valence-corrected chi connectivity index (χ0v) is 15.6. The molecule has 1 atom stereocenters. The number of piperidine rings is 1. The molecule has 1 amide bonds. The van der Waals surface area contributed by atoms with Crippen LogP contribution in [0.2, 0.25) is 0 Å². The first-order valence-electron chi connectivity index (χ1n) is 9.85. The Morgan fingerprint density at radius 3 is 2.85 bits per heavy atom. The third-order valence-electron chi connectivity index (χ3n) is 5.70. The lowest BCUT2D eigenvalue weighted by atomic mass is 9.93. The van der Waals surface area contributed by atoms with Gasteiger partial charge >= 0.3 is 0 Å². The zero-order chi connectivity index (χ0) is 18.6. The summed E-state index contributed by atoms with van der Waals surface area (Å²) < 4.78 is 30.6. The molecule has 0 saturated carbocycles. The van der Waals surface area contributed by atoms with Gasteiger partial charge in [0.1, 0.15) is 19.3 Å². The molecule has 0 radical (unpaired) electrons. The third-order valence-corrected chi connectivity index (χ3v) is 5.70. The zero-order valence-electron chi connectivity index (χ0n) is 15.6. The second-order valence-corrected chi connectivity index (χ2v) is 7.58. The molecular weight excluding hydrogens is 351 g/mol. The van der Waals surface area contributed by atoms with Crippen molar-refractivity contribution >= 4 is 5.91 Å². The molecule has 0 aliphatic carbocycles. The number of likely N-dealkylation sites (tertiary alicyclic amines) is 1. The number of benzene rings is 1. The summed E-state index contributed by atoms with van der Waals surface area (Å²) in [5.74, 6) is 1.12. The van der Waals surface area contributed by atoms with Crippen LogP contribution < -0.4 is 9.47 Å². The maximum atomic E-state index is 13.9. The molecule has 7 heteroatoms. The van der Waals surface area contributed by atoms with Gasteiger partial charge in [-0.25, -0.2) is 4.39 Å². The van der Waals surface area contributed by atoms with Gasteiger partial charge in [0.15, 0.2) is 17.3 Å². The molecule has 0 bridgehead atoms. The highest BCUT2D eigenvalue weighted by Gasteiger charge is 2.28. The van der Waals surface area contributed by atoms with E-state index in [1.165, 1.54) is 6.07 Å². The van der Waals surface area contributed by atoms with E-state index in [0.29, 0.717) is 31.4 Å². The standard InChI is InChI=1S/C20H27FN2O4/c21-17-2-1-3-18-20(17)27-16(13-26-18)12-22-7-4-15(5-8-22)6-9-23-10-11-25-14-19(23)24/h1-3,15-16H,4-14H2/t16-/m0/s1. The Bertz CT molecular complexity index is 663. The van der Waals surface area contributed by atoms with Crippen molar-refractivity contribution in [3.8, 4) is 11.5 Å². The number of morpholine rings is 1. The molecule has 0 aromatic heterocycles. The van der Waals surface area contributed by atoms with Crippen molar-refractivity contribution in [3.05, 3.63) is 24.0 Å². The quantitative estimate of drug-likeness (QED) is 0.784. The Hall–Kier alpha value is -1.86. The predicted octanol–water partition coefficient (Wildman–Crippen LogP) is 1.93. The maximum absolute atomic E-state index is 13.9. The number of rotatable bonds is 5. The molecular formula is C20H27FN2O4. The van der Waals surface area contributed by atoms with Gasteiger partial charge in [-0.05, 0) is 50.4 Å². The molecule has 1 aromatic carbocycles. The van der Waals surface area contributed by atoms with E-state index in [9.17, 15) is 9.18 Å². The van der Waals surface area contributed by atoms with E-state index in [2.05, 4.69) is 4.90 Å². The molecule has 3 aliphatic heterocycles. The van der Waals surface area contributed by atoms with Gasteiger partial charge in [0, 0.05) is 19.6 Å². The molecule has 2 saturated heterocycles. The van der Waals surface area contributed by atoms with Crippen molar-refractivity contribution in [1.82, 2.24) is 9.80 Å². The summed E-state index contributed by atoms with van der Waals surface area (Å²) >= 11 is 0. The first-order valence-corrected chi connectivity index (χ1v) is 9.85. The third kappa shape index (κ3) is 4.52. The summed E-state index contributed by atoms with van der Waals surface area (Å²) in [5, 5.41) is 0. The van der Waals surface area contributed by atoms with E-state index in [1.54, 1.807) is 12.1 Å². The predicted molar refractivity (Wildman–Crippen MR) is 97.5 cm³/mol. The minimum Gasteiger partial charge on any atom is -0.486 e. The lowest BCUT2D eigenvalue weighted by Crippen LogP contribution is -2.45. The molecule has 148 valence electrons. The molecule has 3 heterocycles. The number of carbonyl (C=O) groups excluding carboxylic acids is 1. The molecule has 4 rings (SSSR count). The van der Waals surface area contributed by atoms with Crippen LogP contribution in [0.25, 0.3) is 0 Å². The first-order chi connectivity index (χ1) is 13.2. The number of nitrogens with zero attached hydrogens (tertiary/aromatic N) is 2. The van der Waals surface area contributed by atoms with E-state index in [0.717, 1.165) is 45.4 Å². The summed E-state index contributed by atoms with van der Waals surface area (Å²) in [4.78, 5) is 16.1. The second-order valence-electron chi connectivity index (χ2n) is 7.58. The Kier molecular flexibility index (Phi) is 5.78. The topological polar surface area (TPSA) is 51.2 Å². The fourth-order valence-electron chi connectivity index (χ4n) is 4.06. The highest BCUT2D eigenvalue weighted by Crippen LogP contribution is 2.34. The van der Waals surface area contributed by atoms with Gasteiger partial charge in [0.2, 0.25) is 5.91 Å². The lowest BCUT2D eigenvalue weighted by Gasteiger charge is -2.36. The van der Waals surface area contributed by atoms with Crippen molar-refractivity contribution in [1.29, 1.82) is 0 Å². The van der Waals surface area contributed by atoms with Crippen molar-refractivity contribution in [2.24, 2.45) is 5.92 Å². The maximum Gasteiger partial charge on any atom is 0.248 e. The van der Waals surface area contributed by atoms with Gasteiger partial charge in [-0.1, -0.05) is 6.07 Å². The number of para-hydroxylation sites is 1. The molecule has 27 heavy (non-hydrogen) atoms. The Morgan fingerprint density at radius 1 is 1.19 bits per heavy atom. The van der Waals surface area contributed by atoms with Crippen molar-refractivity contribution in [2.75, 3.05) is 52.5 Å². The van der Waals surface area contributed by atoms with Gasteiger partial charge in [0.25, 0.3) is 0 Å². The molecule has 0 unspecified atom stereocenters. The molecule has 0 N–H and O–H groups in total. The normalized spacial score (nSPS) is 24.3. The van der Waals surface area contributed by atoms with Gasteiger partial charge < -0.3 is 19.1 Å². The summed E-state index contributed by atoms with van der Waals surface area (Å²) in [6, 6.07) is 4.77. The highest BCUT2D eigenvalue weighted by molar-refractivity contribution is 5.77. The summed E-state index contributed by atoms with van der Waals surface area (Å²) in [5.41, 5.74) is 0. The van der Waals surface area contributed by atoms with Crippen LogP contribution in [-0.4, -0.2) is 74.4 Å².